The maximum Gasteiger partial charge on any atom is 0.387 e. The van der Waals surface area contributed by atoms with Crippen LogP contribution < -0.4 is 9.47 Å². The third-order valence-electron chi connectivity index (χ3n) is 6.20. The van der Waals surface area contributed by atoms with Crippen molar-refractivity contribution in [3.05, 3.63) is 77.1 Å². The second-order valence-corrected chi connectivity index (χ2v) is 9.14. The number of ether oxygens (including phenoxy) is 2. The summed E-state index contributed by atoms with van der Waals surface area (Å²) in [5.41, 5.74) is 3.35. The van der Waals surface area contributed by atoms with E-state index >= 15 is 0 Å². The van der Waals surface area contributed by atoms with Gasteiger partial charge in [-0.25, -0.2) is 4.98 Å². The summed E-state index contributed by atoms with van der Waals surface area (Å²) >= 11 is 6.54. The third-order valence-corrected chi connectivity index (χ3v) is 6.51. The molecule has 1 aromatic heterocycles. The van der Waals surface area contributed by atoms with Gasteiger partial charge in [-0.05, 0) is 61.1 Å². The second-order valence-electron chi connectivity index (χ2n) is 8.73. The van der Waals surface area contributed by atoms with Gasteiger partial charge in [0.2, 0.25) is 0 Å². The number of nitrogens with zero attached hydrogens (tertiary/aromatic N) is 1. The second kappa shape index (κ2) is 10.2. The Balaban J connectivity index is 1.46. The van der Waals surface area contributed by atoms with Crippen LogP contribution in [0.2, 0.25) is 5.02 Å². The van der Waals surface area contributed by atoms with E-state index in [2.05, 4.69) is 9.72 Å². The normalized spacial score (nSPS) is 14.4. The van der Waals surface area contributed by atoms with Crippen molar-refractivity contribution < 1.29 is 23.4 Å². The molecule has 0 saturated heterocycles. The van der Waals surface area contributed by atoms with E-state index < -0.39 is 6.61 Å². The molecule has 5 nitrogen and oxygen atoms in total. The van der Waals surface area contributed by atoms with Crippen LogP contribution in [0.3, 0.4) is 0 Å². The summed E-state index contributed by atoms with van der Waals surface area (Å²) in [6.45, 7) is -2.20. The van der Waals surface area contributed by atoms with Gasteiger partial charge >= 0.3 is 6.61 Å². The Hall–Kier alpha value is -3.16. The number of halogens is 3. The van der Waals surface area contributed by atoms with E-state index in [1.54, 1.807) is 30.3 Å². The Morgan fingerprint density at radius 3 is 2.54 bits per heavy atom. The van der Waals surface area contributed by atoms with Gasteiger partial charge in [0, 0.05) is 23.7 Å². The Morgan fingerprint density at radius 1 is 1.06 bits per heavy atom. The fourth-order valence-corrected chi connectivity index (χ4v) is 4.46. The number of aliphatic hydroxyl groups excluding tert-OH is 1. The summed E-state index contributed by atoms with van der Waals surface area (Å²) < 4.78 is 36.3. The first-order valence-electron chi connectivity index (χ1n) is 11.6. The predicted octanol–water partition coefficient (Wildman–Crippen LogP) is 6.79. The van der Waals surface area contributed by atoms with Crippen molar-refractivity contribution in [2.24, 2.45) is 5.92 Å². The molecule has 0 bridgehead atoms. The first-order chi connectivity index (χ1) is 17.0. The van der Waals surface area contributed by atoms with Gasteiger partial charge in [0.1, 0.15) is 17.3 Å². The number of imidazole rings is 1. The molecule has 35 heavy (non-hydrogen) atoms. The highest BCUT2D eigenvalue weighted by Gasteiger charge is 2.23. The SMILES string of the molecule is OCCC(c1ccc(OCC2CC2)cc1)c1nc2cc(-c3ccccc3OC(F)F)c(Cl)cc2[nH]1. The van der Waals surface area contributed by atoms with Crippen molar-refractivity contribution >= 4 is 22.6 Å². The zero-order valence-corrected chi connectivity index (χ0v) is 19.6. The summed E-state index contributed by atoms with van der Waals surface area (Å²) in [5, 5.41) is 10.1. The first kappa shape index (κ1) is 23.6. The number of rotatable bonds is 10. The molecule has 1 fully saturated rings. The minimum absolute atomic E-state index is 0.00794. The Kier molecular flexibility index (Phi) is 6.88. The molecule has 0 amide bonds. The van der Waals surface area contributed by atoms with E-state index in [9.17, 15) is 13.9 Å². The van der Waals surface area contributed by atoms with Crippen molar-refractivity contribution in [1.29, 1.82) is 0 Å². The van der Waals surface area contributed by atoms with Crippen molar-refractivity contribution in [2.75, 3.05) is 13.2 Å². The summed E-state index contributed by atoms with van der Waals surface area (Å²) in [5.74, 6) is 2.07. The number of hydrogen-bond donors (Lipinski definition) is 2. The zero-order valence-electron chi connectivity index (χ0n) is 18.9. The van der Waals surface area contributed by atoms with Gasteiger partial charge in [0.15, 0.2) is 0 Å². The van der Waals surface area contributed by atoms with Crippen LogP contribution in [-0.4, -0.2) is 34.9 Å². The number of aromatic nitrogens is 2. The van der Waals surface area contributed by atoms with E-state index in [4.69, 9.17) is 21.3 Å². The van der Waals surface area contributed by atoms with Crippen LogP contribution in [0.1, 0.15) is 36.6 Å². The van der Waals surface area contributed by atoms with Crippen LogP contribution in [0.4, 0.5) is 8.78 Å². The third kappa shape index (κ3) is 5.41. The molecule has 182 valence electrons. The lowest BCUT2D eigenvalue weighted by atomic mass is 9.95. The predicted molar refractivity (Wildman–Crippen MR) is 131 cm³/mol. The van der Waals surface area contributed by atoms with Crippen LogP contribution >= 0.6 is 11.6 Å². The number of para-hydroxylation sites is 1. The molecule has 1 atom stereocenters. The molecule has 0 aliphatic heterocycles. The van der Waals surface area contributed by atoms with Gasteiger partial charge < -0.3 is 19.6 Å². The van der Waals surface area contributed by atoms with Crippen molar-refractivity contribution in [3.63, 3.8) is 0 Å². The molecule has 2 N–H and O–H groups in total. The van der Waals surface area contributed by atoms with Gasteiger partial charge in [-0.15, -0.1) is 0 Å². The van der Waals surface area contributed by atoms with Crippen LogP contribution in [0.25, 0.3) is 22.2 Å². The highest BCUT2D eigenvalue weighted by atomic mass is 35.5. The molecule has 1 aliphatic rings. The van der Waals surface area contributed by atoms with E-state index in [1.807, 2.05) is 24.3 Å². The van der Waals surface area contributed by atoms with Gasteiger partial charge in [0.05, 0.1) is 22.7 Å². The molecular weight excluding hydrogens is 474 g/mol. The van der Waals surface area contributed by atoms with Crippen molar-refractivity contribution in [3.8, 4) is 22.6 Å². The number of alkyl halides is 2. The Bertz CT molecular complexity index is 1310. The lowest BCUT2D eigenvalue weighted by molar-refractivity contribution is -0.0494. The van der Waals surface area contributed by atoms with E-state index in [0.717, 1.165) is 17.9 Å². The molecular formula is C27H25ClF2N2O3. The van der Waals surface area contributed by atoms with Crippen LogP contribution in [-0.2, 0) is 0 Å². The van der Waals surface area contributed by atoms with Crippen LogP contribution in [0, 0.1) is 5.92 Å². The van der Waals surface area contributed by atoms with E-state index in [1.165, 1.54) is 18.9 Å². The quantitative estimate of drug-likeness (QED) is 0.253. The summed E-state index contributed by atoms with van der Waals surface area (Å²) in [7, 11) is 0. The maximum atomic E-state index is 12.9. The number of H-pyrrole nitrogens is 1. The highest BCUT2D eigenvalue weighted by Crippen LogP contribution is 2.38. The smallest absolute Gasteiger partial charge is 0.387 e. The van der Waals surface area contributed by atoms with Crippen molar-refractivity contribution in [2.45, 2.75) is 31.8 Å². The molecule has 1 heterocycles. The fourth-order valence-electron chi connectivity index (χ4n) is 4.19. The minimum atomic E-state index is -2.94. The molecule has 1 saturated carbocycles. The average molecular weight is 499 g/mol. The molecule has 0 spiro atoms. The molecule has 4 aromatic rings. The highest BCUT2D eigenvalue weighted by molar-refractivity contribution is 6.34. The monoisotopic (exact) mass is 498 g/mol. The van der Waals surface area contributed by atoms with Gasteiger partial charge in [-0.2, -0.15) is 8.78 Å². The Labute approximate surface area is 206 Å². The molecule has 3 aromatic carbocycles. The molecule has 1 aliphatic carbocycles. The first-order valence-corrected chi connectivity index (χ1v) is 12.0. The van der Waals surface area contributed by atoms with Crippen LogP contribution in [0.5, 0.6) is 11.5 Å². The largest absolute Gasteiger partial charge is 0.493 e. The van der Waals surface area contributed by atoms with E-state index in [0.29, 0.717) is 45.3 Å². The minimum Gasteiger partial charge on any atom is -0.493 e. The molecule has 1 unspecified atom stereocenters. The topological polar surface area (TPSA) is 67.4 Å². The average Bonchev–Trinajstić information content (AvgIpc) is 3.59. The summed E-state index contributed by atoms with van der Waals surface area (Å²) in [6.07, 6.45) is 2.95. The number of fused-ring (bicyclic) bond motifs is 1. The van der Waals surface area contributed by atoms with E-state index in [-0.39, 0.29) is 18.3 Å². The number of aromatic amines is 1. The number of aliphatic hydroxyl groups is 1. The number of nitrogens with one attached hydrogen (secondary N) is 1. The number of benzene rings is 3. The lowest BCUT2D eigenvalue weighted by Gasteiger charge is -2.14. The Morgan fingerprint density at radius 2 is 1.83 bits per heavy atom. The maximum absolute atomic E-state index is 12.9. The van der Waals surface area contributed by atoms with Gasteiger partial charge in [-0.3, -0.25) is 0 Å². The van der Waals surface area contributed by atoms with Gasteiger partial charge in [-0.1, -0.05) is 41.9 Å². The lowest BCUT2D eigenvalue weighted by Crippen LogP contribution is -2.06. The van der Waals surface area contributed by atoms with Crippen LogP contribution in [0.15, 0.2) is 60.7 Å². The molecule has 5 rings (SSSR count). The summed E-state index contributed by atoms with van der Waals surface area (Å²) in [6, 6.07) is 17.9. The molecule has 8 heteroatoms. The van der Waals surface area contributed by atoms with Gasteiger partial charge in [0.25, 0.3) is 0 Å². The summed E-state index contributed by atoms with van der Waals surface area (Å²) in [4.78, 5) is 8.09. The molecule has 0 radical (unpaired) electrons. The fraction of sp³-hybridized carbons (Fsp3) is 0.296. The zero-order chi connectivity index (χ0) is 24.4. The van der Waals surface area contributed by atoms with Crippen molar-refractivity contribution in [1.82, 2.24) is 9.97 Å². The number of hydrogen-bond acceptors (Lipinski definition) is 4. The standard InChI is InChI=1S/C27H25ClF2N2O3/c28-22-14-24-23(13-21(22)20-3-1-2-4-25(20)35-27(29)30)31-26(32-24)19(11-12-33)17-7-9-18(10-8-17)34-15-16-5-6-16/h1-4,7-10,13-14,16,19,27,33H,5-6,11-12,15H2,(H,31,32).